The number of benzene rings is 2. The zero-order valence-corrected chi connectivity index (χ0v) is 33.6. The van der Waals surface area contributed by atoms with Gasteiger partial charge in [0.25, 0.3) is 0 Å². The largest absolute Gasteiger partial charge is 0.393 e. The van der Waals surface area contributed by atoms with E-state index in [1.165, 1.54) is 25.7 Å². The van der Waals surface area contributed by atoms with Crippen molar-refractivity contribution in [3.63, 3.8) is 0 Å². The van der Waals surface area contributed by atoms with Crippen molar-refractivity contribution < 1.29 is 14.6 Å². The Balaban J connectivity index is 0. The molecule has 2 rings (SSSR count). The number of ether oxygens (including phenoxy) is 2. The van der Waals surface area contributed by atoms with Crippen molar-refractivity contribution in [1.82, 2.24) is 0 Å². The molecule has 0 fully saturated rings. The van der Waals surface area contributed by atoms with Gasteiger partial charge in [0.05, 0.1) is 24.4 Å². The Labute approximate surface area is 288 Å². The van der Waals surface area contributed by atoms with Crippen molar-refractivity contribution in [3.8, 4) is 0 Å². The van der Waals surface area contributed by atoms with Crippen molar-refractivity contribution in [2.75, 3.05) is 6.61 Å². The molecule has 46 heavy (non-hydrogen) atoms. The molecule has 2 unspecified atom stereocenters. The molecular formula is C43H78O3. The van der Waals surface area contributed by atoms with E-state index in [0.29, 0.717) is 28.8 Å². The zero-order valence-electron chi connectivity index (χ0n) is 33.6. The third-order valence-electron chi connectivity index (χ3n) is 7.10. The minimum atomic E-state index is -0.398. The molecule has 0 spiro atoms. The van der Waals surface area contributed by atoms with Gasteiger partial charge in [-0.05, 0) is 87.2 Å². The standard InChI is InChI=1S/C19H24O2.C15H32O.C7H16.C2H6/c1-15(20)14-19(2,3)21-18(16-10-6-4-7-11-16)17-12-8-5-9-13-17;1-12(2)16-11-15(7,8)10-13(3)9-14(4,5)6;1-5-6-7(2,3)4;1-2/h4-13,15,18,20H,14H2,1-3H3;12-13H,9-11H2,1-8H3;5-6H2,1-4H3;1-2H3. The van der Waals surface area contributed by atoms with Crippen LogP contribution in [-0.2, 0) is 9.47 Å². The van der Waals surface area contributed by atoms with Crippen LogP contribution >= 0.6 is 0 Å². The van der Waals surface area contributed by atoms with Crippen molar-refractivity contribution in [1.29, 1.82) is 0 Å². The summed E-state index contributed by atoms with van der Waals surface area (Å²) in [6.45, 7) is 37.9. The van der Waals surface area contributed by atoms with Gasteiger partial charge in [-0.2, -0.15) is 0 Å². The van der Waals surface area contributed by atoms with Crippen molar-refractivity contribution in [2.24, 2.45) is 22.2 Å². The number of hydrogen-bond donors (Lipinski definition) is 1. The minimum Gasteiger partial charge on any atom is -0.393 e. The van der Waals surface area contributed by atoms with Crippen LogP contribution in [0, 0.1) is 22.2 Å². The monoisotopic (exact) mass is 643 g/mol. The maximum atomic E-state index is 9.66. The van der Waals surface area contributed by atoms with Crippen LogP contribution < -0.4 is 0 Å². The van der Waals surface area contributed by atoms with Crippen LogP contribution in [0.5, 0.6) is 0 Å². The molecule has 2 atom stereocenters. The number of hydrogen-bond acceptors (Lipinski definition) is 3. The molecule has 0 aliphatic rings. The van der Waals surface area contributed by atoms with Crippen molar-refractivity contribution in [3.05, 3.63) is 71.8 Å². The van der Waals surface area contributed by atoms with Gasteiger partial charge in [0, 0.05) is 6.42 Å². The summed E-state index contributed by atoms with van der Waals surface area (Å²) in [6.07, 6.45) is 5.62. The molecule has 0 aliphatic heterocycles. The second-order valence-electron chi connectivity index (χ2n) is 17.0. The van der Waals surface area contributed by atoms with E-state index in [1.54, 1.807) is 6.92 Å². The van der Waals surface area contributed by atoms with Gasteiger partial charge in [-0.1, -0.05) is 150 Å². The summed E-state index contributed by atoms with van der Waals surface area (Å²) in [7, 11) is 0. The summed E-state index contributed by atoms with van der Waals surface area (Å²) in [6, 6.07) is 20.4. The Bertz CT molecular complexity index is 923. The molecule has 0 aliphatic carbocycles. The molecule has 1 N–H and O–H groups in total. The lowest BCUT2D eigenvalue weighted by atomic mass is 9.77. The number of rotatable bonds is 13. The molecule has 0 radical (unpaired) electrons. The van der Waals surface area contributed by atoms with Crippen LogP contribution in [0.1, 0.15) is 167 Å². The molecule has 2 aromatic rings. The maximum Gasteiger partial charge on any atom is 0.108 e. The minimum absolute atomic E-state index is 0.124. The van der Waals surface area contributed by atoms with Gasteiger partial charge in [-0.3, -0.25) is 0 Å². The van der Waals surface area contributed by atoms with E-state index in [-0.39, 0.29) is 12.2 Å². The van der Waals surface area contributed by atoms with Gasteiger partial charge in [0.15, 0.2) is 0 Å². The molecule has 0 amide bonds. The lowest BCUT2D eigenvalue weighted by Crippen LogP contribution is -2.31. The molecular weight excluding hydrogens is 564 g/mol. The third-order valence-corrected chi connectivity index (χ3v) is 7.10. The first-order valence-corrected chi connectivity index (χ1v) is 18.1. The zero-order chi connectivity index (χ0) is 36.2. The number of aliphatic hydroxyl groups is 1. The van der Waals surface area contributed by atoms with E-state index < -0.39 is 5.60 Å². The third kappa shape index (κ3) is 26.4. The Morgan fingerprint density at radius 3 is 1.37 bits per heavy atom. The first-order valence-electron chi connectivity index (χ1n) is 18.1. The Kier molecular flexibility index (Phi) is 23.0. The van der Waals surface area contributed by atoms with Gasteiger partial charge in [-0.15, -0.1) is 0 Å². The van der Waals surface area contributed by atoms with Crippen LogP contribution in [0.25, 0.3) is 0 Å². The van der Waals surface area contributed by atoms with Gasteiger partial charge in [0.2, 0.25) is 0 Å². The van der Waals surface area contributed by atoms with Crippen LogP contribution in [0.3, 0.4) is 0 Å². The molecule has 0 aromatic heterocycles. The summed E-state index contributed by atoms with van der Waals surface area (Å²) in [5.41, 5.74) is 3.15. The topological polar surface area (TPSA) is 38.7 Å². The maximum absolute atomic E-state index is 9.66. The Morgan fingerprint density at radius 1 is 0.630 bits per heavy atom. The van der Waals surface area contributed by atoms with Crippen molar-refractivity contribution in [2.45, 2.75) is 174 Å². The van der Waals surface area contributed by atoms with Crippen LogP contribution in [0.15, 0.2) is 60.7 Å². The highest BCUT2D eigenvalue weighted by molar-refractivity contribution is 5.30. The van der Waals surface area contributed by atoms with Crippen LogP contribution in [-0.4, -0.2) is 29.5 Å². The molecule has 268 valence electrons. The number of aliphatic hydroxyl groups excluding tert-OH is 1. The summed E-state index contributed by atoms with van der Waals surface area (Å²) < 4.78 is 12.1. The van der Waals surface area contributed by atoms with E-state index in [2.05, 4.69) is 107 Å². The fourth-order valence-electron chi connectivity index (χ4n) is 5.92. The average molecular weight is 643 g/mol. The summed E-state index contributed by atoms with van der Waals surface area (Å²) in [4.78, 5) is 0. The second-order valence-corrected chi connectivity index (χ2v) is 17.0. The van der Waals surface area contributed by atoms with E-state index in [1.807, 2.05) is 64.1 Å². The smallest absolute Gasteiger partial charge is 0.108 e. The van der Waals surface area contributed by atoms with E-state index in [0.717, 1.165) is 23.7 Å². The van der Waals surface area contributed by atoms with Crippen LogP contribution in [0.2, 0.25) is 0 Å². The predicted molar refractivity (Wildman–Crippen MR) is 205 cm³/mol. The summed E-state index contributed by atoms with van der Waals surface area (Å²) in [5.74, 6) is 0.769. The van der Waals surface area contributed by atoms with E-state index >= 15 is 0 Å². The Hall–Kier alpha value is -1.68. The van der Waals surface area contributed by atoms with Gasteiger partial charge in [-0.25, -0.2) is 0 Å². The van der Waals surface area contributed by atoms with E-state index in [9.17, 15) is 5.11 Å². The lowest BCUT2D eigenvalue weighted by Gasteiger charge is -2.32. The fourth-order valence-corrected chi connectivity index (χ4v) is 5.92. The molecule has 3 heteroatoms. The fraction of sp³-hybridized carbons (Fsp3) is 0.721. The summed E-state index contributed by atoms with van der Waals surface area (Å²) >= 11 is 0. The first kappa shape index (κ1) is 46.4. The van der Waals surface area contributed by atoms with Gasteiger partial charge < -0.3 is 14.6 Å². The average Bonchev–Trinajstić information content (AvgIpc) is 2.91. The highest BCUT2D eigenvalue weighted by Crippen LogP contribution is 2.34. The quantitative estimate of drug-likeness (QED) is 0.236. The van der Waals surface area contributed by atoms with Crippen LogP contribution in [0.4, 0.5) is 0 Å². The van der Waals surface area contributed by atoms with Gasteiger partial charge >= 0.3 is 0 Å². The normalized spacial score (nSPS) is 13.5. The first-order chi connectivity index (χ1) is 21.1. The SMILES string of the molecule is CC.CC(CC(C)(C)C)CC(C)(C)COC(C)C.CC(O)CC(C)(C)OC(c1ccccc1)c1ccccc1.CCCC(C)(C)C. The lowest BCUT2D eigenvalue weighted by molar-refractivity contribution is -0.0781. The molecule has 3 nitrogen and oxygen atoms in total. The molecule has 0 saturated carbocycles. The van der Waals surface area contributed by atoms with Gasteiger partial charge in [0.1, 0.15) is 6.10 Å². The van der Waals surface area contributed by atoms with E-state index in [4.69, 9.17) is 9.47 Å². The highest BCUT2D eigenvalue weighted by atomic mass is 16.5. The Morgan fingerprint density at radius 2 is 1.07 bits per heavy atom. The second kappa shape index (κ2) is 22.8. The molecule has 0 bridgehead atoms. The molecule has 2 aromatic carbocycles. The molecule has 0 heterocycles. The highest BCUT2D eigenvalue weighted by Gasteiger charge is 2.27. The summed E-state index contributed by atoms with van der Waals surface area (Å²) in [5, 5.41) is 9.66. The van der Waals surface area contributed by atoms with Crippen molar-refractivity contribution >= 4 is 0 Å². The predicted octanol–water partition coefficient (Wildman–Crippen LogP) is 13.1. The molecule has 0 saturated heterocycles.